The molecule has 4 aromatic rings. The van der Waals surface area contributed by atoms with Crippen molar-refractivity contribution in [2.45, 2.75) is 20.8 Å². The van der Waals surface area contributed by atoms with E-state index < -0.39 is 0 Å². The number of hydrogen-bond donors (Lipinski definition) is 0. The van der Waals surface area contributed by atoms with E-state index >= 15 is 0 Å². The maximum Gasteiger partial charge on any atom is 0.231 e. The van der Waals surface area contributed by atoms with Crippen LogP contribution in [0.1, 0.15) is 22.9 Å². The minimum absolute atomic E-state index is 0.328. The summed E-state index contributed by atoms with van der Waals surface area (Å²) in [6.45, 7) is 5.53. The zero-order valence-electron chi connectivity index (χ0n) is 16.2. The number of para-hydroxylation sites is 1. The van der Waals surface area contributed by atoms with E-state index in [1.807, 2.05) is 51.1 Å². The molecular formula is C21H19FN6O. The van der Waals surface area contributed by atoms with E-state index in [0.717, 1.165) is 11.4 Å². The number of hydrogen-bond acceptors (Lipinski definition) is 5. The third kappa shape index (κ3) is 3.77. The first-order valence-electron chi connectivity index (χ1n) is 9.04. The number of nitrogens with zero attached hydrogens (tertiary/aromatic N) is 6. The summed E-state index contributed by atoms with van der Waals surface area (Å²) in [6.07, 6.45) is 1.67. The Labute approximate surface area is 167 Å². The summed E-state index contributed by atoms with van der Waals surface area (Å²) in [7, 11) is 0. The largest absolute Gasteiger partial charge is 0.438 e. The van der Waals surface area contributed by atoms with Gasteiger partial charge in [-0.25, -0.2) is 9.07 Å². The fraction of sp³-hybridized carbons (Fsp3) is 0.143. The van der Waals surface area contributed by atoms with E-state index in [4.69, 9.17) is 4.74 Å². The molecule has 0 fully saturated rings. The van der Waals surface area contributed by atoms with Crippen molar-refractivity contribution in [2.24, 2.45) is 5.10 Å². The van der Waals surface area contributed by atoms with Gasteiger partial charge in [-0.2, -0.15) is 14.9 Å². The molecule has 7 nitrogen and oxygen atoms in total. The van der Waals surface area contributed by atoms with Gasteiger partial charge >= 0.3 is 0 Å². The van der Waals surface area contributed by atoms with E-state index in [1.165, 1.54) is 12.1 Å². The lowest BCUT2D eigenvalue weighted by molar-refractivity contribution is 0.442. The van der Waals surface area contributed by atoms with Crippen LogP contribution in [0, 0.1) is 26.6 Å². The lowest BCUT2D eigenvalue weighted by Crippen LogP contribution is -2.01. The predicted octanol–water partition coefficient (Wildman–Crippen LogP) is 4.20. The van der Waals surface area contributed by atoms with Crippen LogP contribution in [-0.4, -0.2) is 30.9 Å². The van der Waals surface area contributed by atoms with Crippen molar-refractivity contribution in [3.05, 3.63) is 83.3 Å². The third-order valence-corrected chi connectivity index (χ3v) is 4.35. The monoisotopic (exact) mass is 390 g/mol. The van der Waals surface area contributed by atoms with E-state index in [-0.39, 0.29) is 5.82 Å². The van der Waals surface area contributed by atoms with Crippen molar-refractivity contribution in [2.75, 3.05) is 0 Å². The fourth-order valence-electron chi connectivity index (χ4n) is 2.87. The Balaban J connectivity index is 1.81. The van der Waals surface area contributed by atoms with Crippen LogP contribution in [0.5, 0.6) is 11.6 Å². The molecule has 29 heavy (non-hydrogen) atoms. The average molecular weight is 390 g/mol. The Morgan fingerprint density at radius 2 is 1.59 bits per heavy atom. The highest BCUT2D eigenvalue weighted by Gasteiger charge is 2.18. The van der Waals surface area contributed by atoms with Gasteiger partial charge < -0.3 is 4.74 Å². The quantitative estimate of drug-likeness (QED) is 0.479. The van der Waals surface area contributed by atoms with Gasteiger partial charge in [-0.3, -0.25) is 0 Å². The van der Waals surface area contributed by atoms with Crippen molar-refractivity contribution < 1.29 is 9.13 Å². The van der Waals surface area contributed by atoms with E-state index in [9.17, 15) is 4.39 Å². The minimum Gasteiger partial charge on any atom is -0.438 e. The van der Waals surface area contributed by atoms with Gasteiger partial charge in [-0.1, -0.05) is 18.2 Å². The van der Waals surface area contributed by atoms with Crippen LogP contribution >= 0.6 is 0 Å². The second-order valence-electron chi connectivity index (χ2n) is 6.46. The maximum absolute atomic E-state index is 13.3. The number of benzene rings is 2. The molecule has 0 saturated carbocycles. The van der Waals surface area contributed by atoms with Gasteiger partial charge in [0.15, 0.2) is 11.6 Å². The lowest BCUT2D eigenvalue weighted by Gasteiger charge is -2.10. The molecule has 0 saturated heterocycles. The highest BCUT2D eigenvalue weighted by atomic mass is 19.1. The van der Waals surface area contributed by atoms with Crippen LogP contribution in [0.4, 0.5) is 4.39 Å². The summed E-state index contributed by atoms with van der Waals surface area (Å²) in [5.74, 6) is 1.99. The molecule has 0 N–H and O–H groups in total. The van der Waals surface area contributed by atoms with Crippen LogP contribution < -0.4 is 4.74 Å². The minimum atomic E-state index is -0.328. The molecule has 8 heteroatoms. The summed E-state index contributed by atoms with van der Waals surface area (Å²) in [6, 6.07) is 15.5. The Hall–Kier alpha value is -3.81. The molecule has 146 valence electrons. The van der Waals surface area contributed by atoms with Crippen LogP contribution in [0.3, 0.4) is 0 Å². The number of ether oxygens (including phenoxy) is 1. The van der Waals surface area contributed by atoms with Gasteiger partial charge in [0.2, 0.25) is 5.88 Å². The summed E-state index contributed by atoms with van der Waals surface area (Å²) in [5, 5.41) is 17.1. The zero-order chi connectivity index (χ0) is 20.4. The Kier molecular flexibility index (Phi) is 4.90. The Morgan fingerprint density at radius 1 is 0.931 bits per heavy atom. The molecule has 0 aliphatic carbocycles. The van der Waals surface area contributed by atoms with E-state index in [0.29, 0.717) is 28.8 Å². The number of aromatic nitrogens is 5. The normalized spacial score (nSPS) is 11.3. The molecule has 0 aliphatic rings. The molecule has 4 rings (SSSR count). The first-order valence-corrected chi connectivity index (χ1v) is 9.04. The summed E-state index contributed by atoms with van der Waals surface area (Å²) in [5.41, 5.74) is 2.27. The second kappa shape index (κ2) is 7.67. The molecule has 2 heterocycles. The first kappa shape index (κ1) is 18.5. The van der Waals surface area contributed by atoms with Gasteiger partial charge in [-0.15, -0.1) is 10.2 Å². The number of aryl methyl sites for hydroxylation is 3. The molecular weight excluding hydrogens is 371 g/mol. The molecule has 2 aromatic heterocycles. The van der Waals surface area contributed by atoms with Crippen molar-refractivity contribution in [3.8, 4) is 17.3 Å². The molecule has 2 aromatic carbocycles. The molecule has 0 bridgehead atoms. The molecule has 0 atom stereocenters. The second-order valence-corrected chi connectivity index (χ2v) is 6.46. The van der Waals surface area contributed by atoms with E-state index in [1.54, 1.807) is 27.7 Å². The van der Waals surface area contributed by atoms with Crippen molar-refractivity contribution in [1.29, 1.82) is 0 Å². The van der Waals surface area contributed by atoms with Crippen molar-refractivity contribution in [3.63, 3.8) is 0 Å². The van der Waals surface area contributed by atoms with Crippen LogP contribution in [0.15, 0.2) is 59.7 Å². The molecule has 0 amide bonds. The third-order valence-electron chi connectivity index (χ3n) is 4.35. The highest BCUT2D eigenvalue weighted by molar-refractivity contribution is 5.84. The van der Waals surface area contributed by atoms with Gasteiger partial charge in [0.25, 0.3) is 0 Å². The number of rotatable bonds is 5. The van der Waals surface area contributed by atoms with Gasteiger partial charge in [0.1, 0.15) is 11.6 Å². The predicted molar refractivity (Wildman–Crippen MR) is 107 cm³/mol. The summed E-state index contributed by atoms with van der Waals surface area (Å²) < 4.78 is 22.7. The van der Waals surface area contributed by atoms with Gasteiger partial charge in [0.05, 0.1) is 23.2 Å². The summed E-state index contributed by atoms with van der Waals surface area (Å²) in [4.78, 5) is 0. The van der Waals surface area contributed by atoms with Crippen LogP contribution in [-0.2, 0) is 0 Å². The smallest absolute Gasteiger partial charge is 0.231 e. The molecule has 0 aliphatic heterocycles. The van der Waals surface area contributed by atoms with Crippen molar-refractivity contribution >= 4 is 6.21 Å². The molecule has 0 radical (unpaired) electrons. The lowest BCUT2D eigenvalue weighted by atomic mass is 10.2. The van der Waals surface area contributed by atoms with Gasteiger partial charge in [0, 0.05) is 0 Å². The SMILES string of the molecule is Cc1nn(-c2ccccc2)c(Oc2ccc(F)cc2)c1/C=N\n1c(C)nnc1C. The van der Waals surface area contributed by atoms with Crippen molar-refractivity contribution in [1.82, 2.24) is 24.7 Å². The topological polar surface area (TPSA) is 70.1 Å². The Morgan fingerprint density at radius 3 is 2.24 bits per heavy atom. The maximum atomic E-state index is 13.3. The van der Waals surface area contributed by atoms with Gasteiger partial charge in [-0.05, 0) is 57.2 Å². The average Bonchev–Trinajstić information content (AvgIpc) is 3.21. The zero-order valence-corrected chi connectivity index (χ0v) is 16.2. The highest BCUT2D eigenvalue weighted by Crippen LogP contribution is 2.29. The van der Waals surface area contributed by atoms with Crippen LogP contribution in [0.2, 0.25) is 0 Å². The fourth-order valence-corrected chi connectivity index (χ4v) is 2.87. The van der Waals surface area contributed by atoms with Crippen LogP contribution in [0.25, 0.3) is 5.69 Å². The van der Waals surface area contributed by atoms with E-state index in [2.05, 4.69) is 20.4 Å². The molecule has 0 unspecified atom stereocenters. The summed E-state index contributed by atoms with van der Waals surface area (Å²) >= 11 is 0. The molecule has 0 spiro atoms. The first-order chi connectivity index (χ1) is 14.0. The Bertz CT molecular complexity index is 1140. The number of halogens is 1. The standard InChI is InChI=1S/C21H19FN6O/c1-14-20(13-23-27-15(2)24-25-16(27)3)21(29-19-11-9-17(22)10-12-19)28(26-14)18-7-5-4-6-8-18/h4-13H,1-3H3/b23-13-.